The monoisotopic (exact) mass is 332 g/mol. The minimum atomic E-state index is -0.0260. The van der Waals surface area contributed by atoms with Crippen LogP contribution in [0, 0.1) is 20.8 Å². The van der Waals surface area contributed by atoms with E-state index in [-0.39, 0.29) is 11.3 Å². The van der Waals surface area contributed by atoms with Crippen molar-refractivity contribution < 1.29 is 9.32 Å². The minimum absolute atomic E-state index is 0.0260. The Morgan fingerprint density at radius 2 is 1.67 bits per heavy atom. The molecule has 1 N–H and O–H groups in total. The SMILES string of the molecule is CC.CC(=O)Nc1ccc(C)cc1C.Cc1cc(C(C)(C)C)on1. The van der Waals surface area contributed by atoms with Crippen molar-refractivity contribution in [3.63, 3.8) is 0 Å². The van der Waals surface area contributed by atoms with Crippen LogP contribution in [0.15, 0.2) is 28.8 Å². The zero-order valence-electron chi connectivity index (χ0n) is 16.6. The predicted octanol–water partition coefficient (Wildman–Crippen LogP) is 5.57. The van der Waals surface area contributed by atoms with Crippen LogP contribution < -0.4 is 5.32 Å². The van der Waals surface area contributed by atoms with E-state index in [1.165, 1.54) is 12.5 Å². The Balaban J connectivity index is 0.000000405. The molecule has 0 aliphatic carbocycles. The van der Waals surface area contributed by atoms with Gasteiger partial charge in [-0.05, 0) is 32.4 Å². The minimum Gasteiger partial charge on any atom is -0.361 e. The molecular weight excluding hydrogens is 300 g/mol. The number of carbonyl (C=O) groups excluding carboxylic acids is 1. The van der Waals surface area contributed by atoms with Crippen molar-refractivity contribution in [3.8, 4) is 0 Å². The van der Waals surface area contributed by atoms with Gasteiger partial charge in [-0.25, -0.2) is 0 Å². The molecular formula is C20H32N2O2. The number of aromatic nitrogens is 1. The van der Waals surface area contributed by atoms with Gasteiger partial charge in [0.15, 0.2) is 0 Å². The number of aryl methyl sites for hydroxylation is 3. The normalized spacial score (nSPS) is 10.0. The summed E-state index contributed by atoms with van der Waals surface area (Å²) < 4.78 is 5.08. The number of benzene rings is 1. The summed E-state index contributed by atoms with van der Waals surface area (Å²) in [6.45, 7) is 17.8. The lowest BCUT2D eigenvalue weighted by Crippen LogP contribution is -2.09. The van der Waals surface area contributed by atoms with E-state index in [9.17, 15) is 4.79 Å². The third-order valence-electron chi connectivity index (χ3n) is 3.06. The van der Waals surface area contributed by atoms with Crippen molar-refractivity contribution in [2.45, 2.75) is 67.7 Å². The van der Waals surface area contributed by atoms with Gasteiger partial charge >= 0.3 is 0 Å². The first-order valence-corrected chi connectivity index (χ1v) is 8.38. The van der Waals surface area contributed by atoms with Crippen molar-refractivity contribution in [1.29, 1.82) is 0 Å². The fourth-order valence-electron chi connectivity index (χ4n) is 1.86. The molecule has 0 radical (unpaired) electrons. The van der Waals surface area contributed by atoms with Crippen LogP contribution in [0.2, 0.25) is 0 Å². The molecule has 1 amide bonds. The van der Waals surface area contributed by atoms with E-state index in [1.807, 2.05) is 58.9 Å². The van der Waals surface area contributed by atoms with E-state index < -0.39 is 0 Å². The topological polar surface area (TPSA) is 55.1 Å². The number of nitrogens with zero attached hydrogens (tertiary/aromatic N) is 1. The zero-order chi connectivity index (χ0) is 18.9. The molecule has 0 saturated heterocycles. The van der Waals surface area contributed by atoms with E-state index in [0.29, 0.717) is 0 Å². The molecule has 0 saturated carbocycles. The Labute approximate surface area is 146 Å². The van der Waals surface area contributed by atoms with Crippen LogP contribution in [-0.2, 0) is 10.2 Å². The Hall–Kier alpha value is -2.10. The maximum atomic E-state index is 10.7. The van der Waals surface area contributed by atoms with Crippen LogP contribution in [0.5, 0.6) is 0 Å². The van der Waals surface area contributed by atoms with Crippen molar-refractivity contribution >= 4 is 11.6 Å². The van der Waals surface area contributed by atoms with Crippen molar-refractivity contribution in [1.82, 2.24) is 5.16 Å². The molecule has 1 heterocycles. The lowest BCUT2D eigenvalue weighted by molar-refractivity contribution is -0.114. The van der Waals surface area contributed by atoms with Gasteiger partial charge < -0.3 is 9.84 Å². The van der Waals surface area contributed by atoms with Gasteiger partial charge in [-0.1, -0.05) is 57.5 Å². The molecule has 0 fully saturated rings. The summed E-state index contributed by atoms with van der Waals surface area (Å²) in [7, 11) is 0. The molecule has 2 rings (SSSR count). The molecule has 4 nitrogen and oxygen atoms in total. The second-order valence-electron chi connectivity index (χ2n) is 6.58. The summed E-state index contributed by atoms with van der Waals surface area (Å²) in [5.74, 6) is 0.923. The van der Waals surface area contributed by atoms with Gasteiger partial charge in [0, 0.05) is 24.1 Å². The molecule has 4 heteroatoms. The Bertz CT molecular complexity index is 637. The first-order chi connectivity index (χ1) is 11.1. The summed E-state index contributed by atoms with van der Waals surface area (Å²) >= 11 is 0. The number of anilines is 1. The molecule has 0 unspecified atom stereocenters. The van der Waals surface area contributed by atoms with Gasteiger partial charge in [0.25, 0.3) is 0 Å². The highest BCUT2D eigenvalue weighted by Crippen LogP contribution is 2.22. The van der Waals surface area contributed by atoms with Gasteiger partial charge in [-0.15, -0.1) is 0 Å². The van der Waals surface area contributed by atoms with Crippen LogP contribution in [-0.4, -0.2) is 11.1 Å². The van der Waals surface area contributed by atoms with Gasteiger partial charge in [0.1, 0.15) is 5.76 Å². The third-order valence-corrected chi connectivity index (χ3v) is 3.06. The number of carbonyl (C=O) groups is 1. The number of hydrogen-bond donors (Lipinski definition) is 1. The van der Waals surface area contributed by atoms with Gasteiger partial charge in [0.05, 0.1) is 5.69 Å². The summed E-state index contributed by atoms with van der Waals surface area (Å²) in [5.41, 5.74) is 4.24. The second kappa shape index (κ2) is 9.91. The molecule has 0 aliphatic heterocycles. The summed E-state index contributed by atoms with van der Waals surface area (Å²) in [4.78, 5) is 10.7. The van der Waals surface area contributed by atoms with Crippen LogP contribution in [0.25, 0.3) is 0 Å². The molecule has 1 aromatic carbocycles. The Morgan fingerprint density at radius 3 is 2.00 bits per heavy atom. The maximum Gasteiger partial charge on any atom is 0.221 e. The van der Waals surface area contributed by atoms with E-state index in [1.54, 1.807) is 0 Å². The standard InChI is InChI=1S/C10H13NO.C8H13NO.C2H6/c1-7-4-5-10(8(2)6-7)11-9(3)12;1-6-5-7(10-9-6)8(2,3)4;1-2/h4-6H,1-3H3,(H,11,12);5H,1-4H3;1-2H3. The fraction of sp³-hybridized carbons (Fsp3) is 0.500. The Kier molecular flexibility index (Phi) is 9.04. The number of hydrogen-bond acceptors (Lipinski definition) is 3. The van der Waals surface area contributed by atoms with Crippen molar-refractivity contribution in [3.05, 3.63) is 46.8 Å². The maximum absolute atomic E-state index is 10.7. The first-order valence-electron chi connectivity index (χ1n) is 8.38. The van der Waals surface area contributed by atoms with E-state index >= 15 is 0 Å². The van der Waals surface area contributed by atoms with Gasteiger partial charge in [-0.2, -0.15) is 0 Å². The molecule has 2 aromatic rings. The molecule has 0 atom stereocenters. The van der Waals surface area contributed by atoms with Crippen LogP contribution in [0.3, 0.4) is 0 Å². The Morgan fingerprint density at radius 1 is 1.08 bits per heavy atom. The summed E-state index contributed by atoms with van der Waals surface area (Å²) in [6, 6.07) is 7.93. The highest BCUT2D eigenvalue weighted by Gasteiger charge is 2.18. The number of rotatable bonds is 1. The van der Waals surface area contributed by atoms with E-state index in [2.05, 4.69) is 31.2 Å². The molecule has 1 aromatic heterocycles. The quantitative estimate of drug-likeness (QED) is 0.743. The number of nitrogens with one attached hydrogen (secondary N) is 1. The molecule has 24 heavy (non-hydrogen) atoms. The fourth-order valence-corrected chi connectivity index (χ4v) is 1.86. The average Bonchev–Trinajstić information content (AvgIpc) is 2.91. The average molecular weight is 332 g/mol. The second-order valence-corrected chi connectivity index (χ2v) is 6.58. The largest absolute Gasteiger partial charge is 0.361 e. The van der Waals surface area contributed by atoms with Crippen LogP contribution in [0.1, 0.15) is 64.1 Å². The predicted molar refractivity (Wildman–Crippen MR) is 102 cm³/mol. The van der Waals surface area contributed by atoms with E-state index in [0.717, 1.165) is 22.7 Å². The van der Waals surface area contributed by atoms with E-state index in [4.69, 9.17) is 4.52 Å². The smallest absolute Gasteiger partial charge is 0.221 e. The van der Waals surface area contributed by atoms with Crippen molar-refractivity contribution in [2.24, 2.45) is 0 Å². The summed E-state index contributed by atoms with van der Waals surface area (Å²) in [5, 5.41) is 6.57. The van der Waals surface area contributed by atoms with Gasteiger partial charge in [0.2, 0.25) is 5.91 Å². The lowest BCUT2D eigenvalue weighted by Gasteiger charge is -2.11. The first kappa shape index (κ1) is 21.9. The highest BCUT2D eigenvalue weighted by atomic mass is 16.5. The van der Waals surface area contributed by atoms with Gasteiger partial charge in [-0.3, -0.25) is 4.79 Å². The molecule has 0 aliphatic rings. The van der Waals surface area contributed by atoms with Crippen molar-refractivity contribution in [2.75, 3.05) is 5.32 Å². The highest BCUT2D eigenvalue weighted by molar-refractivity contribution is 5.89. The molecule has 134 valence electrons. The zero-order valence-corrected chi connectivity index (χ0v) is 16.6. The third kappa shape index (κ3) is 7.95. The van der Waals surface area contributed by atoms with Crippen LogP contribution in [0.4, 0.5) is 5.69 Å². The molecule has 0 spiro atoms. The lowest BCUT2D eigenvalue weighted by atomic mass is 9.93. The summed E-state index contributed by atoms with van der Waals surface area (Å²) in [6.07, 6.45) is 0. The number of amides is 1. The molecule has 0 bridgehead atoms. The van der Waals surface area contributed by atoms with Crippen LogP contribution >= 0.6 is 0 Å².